The van der Waals surface area contributed by atoms with Gasteiger partial charge in [-0.1, -0.05) is 24.3 Å². The molecule has 2 aromatic rings. The largest absolute Gasteiger partial charge is 0.503 e. The van der Waals surface area contributed by atoms with E-state index in [1.54, 1.807) is 14.0 Å². The summed E-state index contributed by atoms with van der Waals surface area (Å²) >= 11 is 0. The lowest BCUT2D eigenvalue weighted by molar-refractivity contribution is -0.148. The van der Waals surface area contributed by atoms with E-state index in [0.29, 0.717) is 49.6 Å². The number of ketones is 1. The number of phenolic OH excluding ortho intramolecular Hbond substituents is 1. The van der Waals surface area contributed by atoms with Gasteiger partial charge in [0, 0.05) is 47.7 Å². The van der Waals surface area contributed by atoms with E-state index in [1.807, 2.05) is 24.3 Å². The minimum atomic E-state index is -1.22. The number of aromatic hydroxyl groups is 1. The van der Waals surface area contributed by atoms with Gasteiger partial charge < -0.3 is 24.6 Å². The Hall–Kier alpha value is -3.72. The monoisotopic (exact) mass is 525 g/mol. The van der Waals surface area contributed by atoms with Gasteiger partial charge in [-0.2, -0.15) is 0 Å². The molecule has 2 unspecified atom stereocenters. The second-order valence-electron chi connectivity index (χ2n) is 9.78. The molecule has 2 N–H and O–H groups in total. The topological polar surface area (TPSA) is 94.1 Å². The number of rotatable bonds is 5. The summed E-state index contributed by atoms with van der Waals surface area (Å²) in [7, 11) is 1.57. The fourth-order valence-electron chi connectivity index (χ4n) is 5.63. The average molecular weight is 526 g/mol. The normalized spacial score (nSPS) is 22.2. The number of methoxy groups -OCH3 is 1. The number of dihydropyridines is 1. The summed E-state index contributed by atoms with van der Waals surface area (Å²) in [6.07, 6.45) is 1.18. The number of halogens is 2. The van der Waals surface area contributed by atoms with Gasteiger partial charge in [0.25, 0.3) is 0 Å². The van der Waals surface area contributed by atoms with Gasteiger partial charge in [-0.25, -0.2) is 13.6 Å². The molecule has 0 aromatic heterocycles. The molecule has 5 rings (SSSR count). The van der Waals surface area contributed by atoms with Crippen LogP contribution < -0.4 is 10.1 Å². The quantitative estimate of drug-likeness (QED) is 0.544. The summed E-state index contributed by atoms with van der Waals surface area (Å²) in [5.41, 5.74) is 1.92. The number of esters is 1. The Bertz CT molecular complexity index is 1340. The molecule has 2 heterocycles. The molecule has 1 saturated heterocycles. The molecule has 1 aliphatic carbocycles. The first-order chi connectivity index (χ1) is 18.3. The van der Waals surface area contributed by atoms with Gasteiger partial charge in [0.1, 0.15) is 11.9 Å². The lowest BCUT2D eigenvalue weighted by Gasteiger charge is -2.37. The molecular formula is C29H29F2NO6. The molecule has 7 nitrogen and oxygen atoms in total. The first-order valence-electron chi connectivity index (χ1n) is 12.6. The number of carbonyl (C=O) groups excluding carboxylic acids is 2. The van der Waals surface area contributed by atoms with Crippen LogP contribution in [0.4, 0.5) is 8.78 Å². The highest BCUT2D eigenvalue weighted by molar-refractivity contribution is 6.04. The molecule has 0 spiro atoms. The van der Waals surface area contributed by atoms with Gasteiger partial charge in [-0.15, -0.1) is 0 Å². The zero-order valence-electron chi connectivity index (χ0n) is 21.2. The van der Waals surface area contributed by atoms with E-state index in [0.717, 1.165) is 11.6 Å². The maximum atomic E-state index is 15.3. The number of benzene rings is 2. The smallest absolute Gasteiger partial charge is 0.337 e. The van der Waals surface area contributed by atoms with E-state index < -0.39 is 29.3 Å². The van der Waals surface area contributed by atoms with E-state index >= 15 is 4.39 Å². The zero-order chi connectivity index (χ0) is 27.0. The van der Waals surface area contributed by atoms with Crippen molar-refractivity contribution < 1.29 is 37.7 Å². The number of hydrogen-bond donors (Lipinski definition) is 2. The number of Topliss-reactive ketones (excluding diaryl/α,β-unsaturated/α-hetero) is 1. The first kappa shape index (κ1) is 25.9. The highest BCUT2D eigenvalue weighted by atomic mass is 19.1. The summed E-state index contributed by atoms with van der Waals surface area (Å²) in [4.78, 5) is 27.2. The van der Waals surface area contributed by atoms with Crippen LogP contribution in [0.3, 0.4) is 0 Å². The molecule has 0 bridgehead atoms. The Morgan fingerprint density at radius 1 is 1.08 bits per heavy atom. The van der Waals surface area contributed by atoms with E-state index in [9.17, 15) is 19.1 Å². The molecule has 2 aliphatic heterocycles. The van der Waals surface area contributed by atoms with Crippen molar-refractivity contribution in [3.63, 3.8) is 0 Å². The third kappa shape index (κ3) is 4.67. The minimum Gasteiger partial charge on any atom is -0.503 e. The van der Waals surface area contributed by atoms with Crippen molar-refractivity contribution in [3.05, 3.63) is 81.7 Å². The molecule has 2 aromatic carbocycles. The number of nitrogens with one attached hydrogen (secondary N) is 1. The van der Waals surface area contributed by atoms with Crippen molar-refractivity contribution in [3.8, 4) is 11.5 Å². The molecular weight excluding hydrogens is 496 g/mol. The maximum Gasteiger partial charge on any atom is 0.337 e. The minimum absolute atomic E-state index is 0.0595. The van der Waals surface area contributed by atoms with E-state index in [4.69, 9.17) is 14.2 Å². The summed E-state index contributed by atoms with van der Waals surface area (Å²) < 4.78 is 45.9. The third-order valence-corrected chi connectivity index (χ3v) is 7.48. The van der Waals surface area contributed by atoms with Crippen LogP contribution in [0.15, 0.2) is 58.9 Å². The number of carbonyl (C=O) groups is 2. The Labute approximate surface area is 219 Å². The Morgan fingerprint density at radius 2 is 1.82 bits per heavy atom. The fourth-order valence-corrected chi connectivity index (χ4v) is 5.63. The molecule has 200 valence electrons. The van der Waals surface area contributed by atoms with Crippen molar-refractivity contribution in [1.82, 2.24) is 5.32 Å². The molecule has 9 heteroatoms. The van der Waals surface area contributed by atoms with Crippen LogP contribution in [0, 0.1) is 11.6 Å². The number of ether oxygens (including phenoxy) is 3. The lowest BCUT2D eigenvalue weighted by Crippen LogP contribution is -2.37. The van der Waals surface area contributed by atoms with Gasteiger partial charge in [-0.05, 0) is 31.0 Å². The zero-order valence-corrected chi connectivity index (χ0v) is 21.2. The van der Waals surface area contributed by atoms with Crippen molar-refractivity contribution in [1.29, 1.82) is 0 Å². The van der Waals surface area contributed by atoms with Gasteiger partial charge in [0.2, 0.25) is 0 Å². The number of allylic oxidation sites excluding steroid dienone is 3. The number of para-hydroxylation sites is 1. The van der Waals surface area contributed by atoms with Gasteiger partial charge in [0.05, 0.1) is 31.8 Å². The summed E-state index contributed by atoms with van der Waals surface area (Å²) in [5.74, 6) is -5.21. The molecule has 38 heavy (non-hydrogen) atoms. The van der Waals surface area contributed by atoms with E-state index in [-0.39, 0.29) is 40.9 Å². The summed E-state index contributed by atoms with van der Waals surface area (Å²) in [5, 5.41) is 13.3. The van der Waals surface area contributed by atoms with Crippen LogP contribution in [-0.2, 0) is 19.1 Å². The second-order valence-corrected chi connectivity index (χ2v) is 9.78. The molecule has 0 radical (unpaired) electrons. The Kier molecular flexibility index (Phi) is 7.21. The standard InChI is InChI=1S/C29H29F2NO6/c1-15-24(29(35)38-17-9-11-37-12-10-17)25(19-7-8-20(30)28(34)27(19)31)26-21(32-15)13-16(14-22(26)33)18-5-3-4-6-23(18)36-2/h3-8,16-17,25,32,34H,9-14H2,1-2H3. The van der Waals surface area contributed by atoms with Crippen LogP contribution >= 0.6 is 0 Å². The second kappa shape index (κ2) is 10.6. The van der Waals surface area contributed by atoms with Gasteiger partial charge in [-0.3, -0.25) is 4.79 Å². The fraction of sp³-hybridized carbons (Fsp3) is 0.379. The van der Waals surface area contributed by atoms with Crippen molar-refractivity contribution in [2.24, 2.45) is 0 Å². The van der Waals surface area contributed by atoms with Gasteiger partial charge >= 0.3 is 5.97 Å². The summed E-state index contributed by atoms with van der Waals surface area (Å²) in [6.45, 7) is 2.57. The molecule has 1 fully saturated rings. The predicted molar refractivity (Wildman–Crippen MR) is 134 cm³/mol. The number of phenols is 1. The number of hydrogen-bond acceptors (Lipinski definition) is 7. The lowest BCUT2D eigenvalue weighted by atomic mass is 9.71. The average Bonchev–Trinajstić information content (AvgIpc) is 2.91. The molecule has 2 atom stereocenters. The predicted octanol–water partition coefficient (Wildman–Crippen LogP) is 4.76. The van der Waals surface area contributed by atoms with Crippen LogP contribution in [0.2, 0.25) is 0 Å². The Balaban J connectivity index is 1.58. The van der Waals surface area contributed by atoms with Crippen LogP contribution in [-0.4, -0.2) is 43.3 Å². The summed E-state index contributed by atoms with van der Waals surface area (Å²) in [6, 6.07) is 9.54. The third-order valence-electron chi connectivity index (χ3n) is 7.48. The highest BCUT2D eigenvalue weighted by Crippen LogP contribution is 2.48. The molecule has 0 amide bonds. The van der Waals surface area contributed by atoms with E-state index in [2.05, 4.69) is 5.32 Å². The van der Waals surface area contributed by atoms with Gasteiger partial charge in [0.15, 0.2) is 23.2 Å². The van der Waals surface area contributed by atoms with Crippen molar-refractivity contribution in [2.45, 2.75) is 50.5 Å². The molecule has 3 aliphatic rings. The van der Waals surface area contributed by atoms with Crippen LogP contribution in [0.1, 0.15) is 55.6 Å². The van der Waals surface area contributed by atoms with Crippen LogP contribution in [0.5, 0.6) is 11.5 Å². The van der Waals surface area contributed by atoms with Crippen molar-refractivity contribution >= 4 is 11.8 Å². The van der Waals surface area contributed by atoms with Crippen LogP contribution in [0.25, 0.3) is 0 Å². The van der Waals surface area contributed by atoms with E-state index in [1.165, 1.54) is 6.07 Å². The maximum absolute atomic E-state index is 15.3. The Morgan fingerprint density at radius 3 is 2.55 bits per heavy atom. The molecule has 0 saturated carbocycles. The first-order valence-corrected chi connectivity index (χ1v) is 12.6. The SMILES string of the molecule is COc1ccccc1C1CC(=O)C2=C(C1)NC(C)=C(C(=O)OC1CCOCC1)C2c1ccc(F)c(O)c1F. The highest BCUT2D eigenvalue weighted by Gasteiger charge is 2.43. The van der Waals surface area contributed by atoms with Crippen molar-refractivity contribution in [2.75, 3.05) is 20.3 Å².